The number of aromatic nitrogens is 2. The minimum atomic E-state index is -2.77. The second-order valence-electron chi connectivity index (χ2n) is 6.84. The SMILES string of the molecule is CCC1CCC(NC(=O)Cc2c(C)nn(C(F)F)c2C)(C(=O)O)CC1. The number of carboxylic acid groups (broad SMARTS) is 1. The summed E-state index contributed by atoms with van der Waals surface area (Å²) < 4.78 is 26.4. The van der Waals surface area contributed by atoms with Gasteiger partial charge in [0.05, 0.1) is 12.1 Å². The van der Waals surface area contributed by atoms with E-state index in [-0.39, 0.29) is 12.1 Å². The van der Waals surface area contributed by atoms with Crippen LogP contribution in [-0.4, -0.2) is 32.3 Å². The topological polar surface area (TPSA) is 84.2 Å². The lowest BCUT2D eigenvalue weighted by atomic mass is 9.75. The third kappa shape index (κ3) is 3.99. The number of nitrogens with zero attached hydrogens (tertiary/aromatic N) is 2. The summed E-state index contributed by atoms with van der Waals surface area (Å²) in [5.74, 6) is -1.03. The smallest absolute Gasteiger partial charge is 0.333 e. The molecule has 1 aliphatic carbocycles. The standard InChI is InChI=1S/C17H25F2N3O3/c1-4-12-5-7-17(8-6-12,15(24)25)20-14(23)9-13-10(2)21-22(11(13)3)16(18)19/h12,16H,4-9H2,1-3H3,(H,20,23)(H,24,25). The van der Waals surface area contributed by atoms with Crippen LogP contribution in [0, 0.1) is 19.8 Å². The molecule has 0 aromatic carbocycles. The largest absolute Gasteiger partial charge is 0.480 e. The first-order valence-corrected chi connectivity index (χ1v) is 8.57. The van der Waals surface area contributed by atoms with Crippen LogP contribution in [0.5, 0.6) is 0 Å². The van der Waals surface area contributed by atoms with Crippen LogP contribution in [0.25, 0.3) is 0 Å². The molecule has 0 bridgehead atoms. The Hall–Kier alpha value is -1.99. The van der Waals surface area contributed by atoms with E-state index in [9.17, 15) is 23.5 Å². The van der Waals surface area contributed by atoms with Gasteiger partial charge in [0, 0.05) is 11.3 Å². The van der Waals surface area contributed by atoms with Gasteiger partial charge in [0.15, 0.2) is 0 Å². The molecule has 8 heteroatoms. The molecule has 1 saturated carbocycles. The number of carboxylic acids is 1. The lowest BCUT2D eigenvalue weighted by Gasteiger charge is -2.37. The van der Waals surface area contributed by atoms with Crippen molar-refractivity contribution < 1.29 is 23.5 Å². The molecule has 0 atom stereocenters. The molecule has 0 unspecified atom stereocenters. The van der Waals surface area contributed by atoms with Crippen LogP contribution in [0.2, 0.25) is 0 Å². The van der Waals surface area contributed by atoms with E-state index in [1.54, 1.807) is 6.92 Å². The van der Waals surface area contributed by atoms with Gasteiger partial charge in [-0.15, -0.1) is 0 Å². The third-order valence-corrected chi connectivity index (χ3v) is 5.32. The molecule has 0 radical (unpaired) electrons. The molecule has 1 amide bonds. The monoisotopic (exact) mass is 357 g/mol. The molecule has 0 aliphatic heterocycles. The molecule has 1 fully saturated rings. The van der Waals surface area contributed by atoms with Gasteiger partial charge >= 0.3 is 12.5 Å². The minimum Gasteiger partial charge on any atom is -0.480 e. The molecular weight excluding hydrogens is 332 g/mol. The van der Waals surface area contributed by atoms with Gasteiger partial charge in [-0.05, 0) is 45.4 Å². The van der Waals surface area contributed by atoms with E-state index in [1.807, 2.05) is 0 Å². The summed E-state index contributed by atoms with van der Waals surface area (Å²) in [5.41, 5.74) is -0.266. The fourth-order valence-electron chi connectivity index (χ4n) is 3.59. The van der Waals surface area contributed by atoms with Gasteiger partial charge in [0.2, 0.25) is 5.91 Å². The van der Waals surface area contributed by atoms with Gasteiger partial charge in [-0.25, -0.2) is 9.48 Å². The first-order chi connectivity index (χ1) is 11.7. The number of aryl methyl sites for hydroxylation is 1. The van der Waals surface area contributed by atoms with E-state index < -0.39 is 24.0 Å². The highest BCUT2D eigenvalue weighted by Gasteiger charge is 2.43. The number of hydrogen-bond acceptors (Lipinski definition) is 3. The van der Waals surface area contributed by atoms with Crippen molar-refractivity contribution in [1.82, 2.24) is 15.1 Å². The summed E-state index contributed by atoms with van der Waals surface area (Å²) in [4.78, 5) is 24.2. The Morgan fingerprint density at radius 3 is 2.40 bits per heavy atom. The lowest BCUT2D eigenvalue weighted by Crippen LogP contribution is -2.56. The second kappa shape index (κ2) is 7.49. The van der Waals surface area contributed by atoms with Crippen molar-refractivity contribution in [3.63, 3.8) is 0 Å². The molecular formula is C17H25F2N3O3. The van der Waals surface area contributed by atoms with Crippen molar-refractivity contribution in [3.8, 4) is 0 Å². The normalized spacial score (nSPS) is 23.7. The predicted octanol–water partition coefficient (Wildman–Crippen LogP) is 2.98. The van der Waals surface area contributed by atoms with Crippen molar-refractivity contribution in [2.24, 2.45) is 5.92 Å². The third-order valence-electron chi connectivity index (χ3n) is 5.32. The summed E-state index contributed by atoms with van der Waals surface area (Å²) in [6.45, 7) is 2.34. The van der Waals surface area contributed by atoms with Crippen molar-refractivity contribution in [1.29, 1.82) is 0 Å². The zero-order chi connectivity index (χ0) is 18.8. The Balaban J connectivity index is 2.12. The maximum Gasteiger partial charge on any atom is 0.333 e. The van der Waals surface area contributed by atoms with Crippen LogP contribution in [0.4, 0.5) is 8.78 Å². The maximum atomic E-state index is 12.9. The molecule has 2 N–H and O–H groups in total. The van der Waals surface area contributed by atoms with Crippen LogP contribution in [0.3, 0.4) is 0 Å². The summed E-state index contributed by atoms with van der Waals surface area (Å²) in [5, 5.41) is 16.0. The quantitative estimate of drug-likeness (QED) is 0.820. The maximum absolute atomic E-state index is 12.9. The Kier molecular flexibility index (Phi) is 5.80. The highest BCUT2D eigenvalue weighted by atomic mass is 19.3. The van der Waals surface area contributed by atoms with Gasteiger partial charge in [0.25, 0.3) is 0 Å². The van der Waals surface area contributed by atoms with Crippen LogP contribution in [-0.2, 0) is 16.0 Å². The summed E-state index contributed by atoms with van der Waals surface area (Å²) in [6, 6.07) is 0. The molecule has 1 aliphatic rings. The van der Waals surface area contributed by atoms with Gasteiger partial charge < -0.3 is 10.4 Å². The number of amides is 1. The number of carbonyl (C=O) groups excluding carboxylic acids is 1. The molecule has 0 saturated heterocycles. The van der Waals surface area contributed by atoms with E-state index in [1.165, 1.54) is 6.92 Å². The fourth-order valence-corrected chi connectivity index (χ4v) is 3.59. The van der Waals surface area contributed by atoms with E-state index >= 15 is 0 Å². The van der Waals surface area contributed by atoms with E-state index in [4.69, 9.17) is 0 Å². The molecule has 140 valence electrons. The zero-order valence-electron chi connectivity index (χ0n) is 14.8. The summed E-state index contributed by atoms with van der Waals surface area (Å²) in [6.07, 6.45) is 3.13. The number of rotatable bonds is 6. The van der Waals surface area contributed by atoms with Crippen molar-refractivity contribution in [3.05, 3.63) is 17.0 Å². The fraction of sp³-hybridized carbons (Fsp3) is 0.706. The van der Waals surface area contributed by atoms with E-state index in [2.05, 4.69) is 17.3 Å². The van der Waals surface area contributed by atoms with Gasteiger partial charge in [-0.1, -0.05) is 13.3 Å². The van der Waals surface area contributed by atoms with E-state index in [0.29, 0.717) is 34.7 Å². The average molecular weight is 357 g/mol. The van der Waals surface area contributed by atoms with Crippen molar-refractivity contribution in [2.75, 3.05) is 0 Å². The number of carbonyl (C=O) groups is 2. The number of hydrogen-bond donors (Lipinski definition) is 2. The molecule has 1 heterocycles. The number of halogens is 2. The zero-order valence-corrected chi connectivity index (χ0v) is 14.8. The Bertz CT molecular complexity index is 650. The molecule has 1 aromatic rings. The van der Waals surface area contributed by atoms with Crippen molar-refractivity contribution >= 4 is 11.9 Å². The van der Waals surface area contributed by atoms with Gasteiger partial charge in [-0.2, -0.15) is 13.9 Å². The molecule has 25 heavy (non-hydrogen) atoms. The Morgan fingerprint density at radius 2 is 1.96 bits per heavy atom. The van der Waals surface area contributed by atoms with Crippen LogP contribution in [0.1, 0.15) is 62.5 Å². The Morgan fingerprint density at radius 1 is 1.36 bits per heavy atom. The predicted molar refractivity (Wildman–Crippen MR) is 87.4 cm³/mol. The molecule has 0 spiro atoms. The van der Waals surface area contributed by atoms with Gasteiger partial charge in [-0.3, -0.25) is 4.79 Å². The first kappa shape index (κ1) is 19.3. The van der Waals surface area contributed by atoms with Gasteiger partial charge in [0.1, 0.15) is 5.54 Å². The summed E-state index contributed by atoms with van der Waals surface area (Å²) in [7, 11) is 0. The average Bonchev–Trinajstić information content (AvgIpc) is 2.83. The highest BCUT2D eigenvalue weighted by Crippen LogP contribution is 2.34. The second-order valence-corrected chi connectivity index (χ2v) is 6.84. The molecule has 6 nitrogen and oxygen atoms in total. The van der Waals surface area contributed by atoms with Crippen LogP contribution >= 0.6 is 0 Å². The van der Waals surface area contributed by atoms with Crippen molar-refractivity contribution in [2.45, 2.75) is 71.4 Å². The molecule has 1 aromatic heterocycles. The van der Waals surface area contributed by atoms with Crippen LogP contribution < -0.4 is 5.32 Å². The Labute approximate surface area is 145 Å². The summed E-state index contributed by atoms with van der Waals surface area (Å²) >= 11 is 0. The van der Waals surface area contributed by atoms with E-state index in [0.717, 1.165) is 19.3 Å². The van der Waals surface area contributed by atoms with Crippen LogP contribution in [0.15, 0.2) is 0 Å². The number of nitrogens with one attached hydrogen (secondary N) is 1. The lowest BCUT2D eigenvalue weighted by molar-refractivity contribution is -0.149. The minimum absolute atomic E-state index is 0.156. The highest BCUT2D eigenvalue weighted by molar-refractivity contribution is 5.88. The number of alkyl halides is 2. The first-order valence-electron chi connectivity index (χ1n) is 8.57. The number of aliphatic carboxylic acids is 1. The molecule has 2 rings (SSSR count).